The van der Waals surface area contributed by atoms with Gasteiger partial charge in [-0.3, -0.25) is 0 Å². The van der Waals surface area contributed by atoms with Crippen molar-refractivity contribution in [2.24, 2.45) is 5.92 Å². The standard InChI is InChI=1S/C17H29NO/c1-12(2)11-16-7-9-17(10-8-16)14(4)18-13(3)15(5)19-6/h7-10,12-15,18H,11H2,1-6H3. The van der Waals surface area contributed by atoms with Crippen LogP contribution in [0.3, 0.4) is 0 Å². The molecule has 0 bridgehead atoms. The van der Waals surface area contributed by atoms with Crippen LogP contribution in [-0.4, -0.2) is 19.3 Å². The van der Waals surface area contributed by atoms with Crippen LogP contribution in [-0.2, 0) is 11.2 Å². The van der Waals surface area contributed by atoms with E-state index in [4.69, 9.17) is 4.74 Å². The first-order chi connectivity index (χ1) is 8.93. The number of ether oxygens (including phenoxy) is 1. The highest BCUT2D eigenvalue weighted by Crippen LogP contribution is 2.16. The lowest BCUT2D eigenvalue weighted by atomic mass is 9.99. The second kappa shape index (κ2) is 7.66. The monoisotopic (exact) mass is 263 g/mol. The minimum absolute atomic E-state index is 0.225. The van der Waals surface area contributed by atoms with Crippen molar-refractivity contribution in [3.05, 3.63) is 35.4 Å². The van der Waals surface area contributed by atoms with Crippen LogP contribution in [0.1, 0.15) is 51.8 Å². The smallest absolute Gasteiger partial charge is 0.0693 e. The molecule has 108 valence electrons. The van der Waals surface area contributed by atoms with Crippen LogP contribution in [0.5, 0.6) is 0 Å². The summed E-state index contributed by atoms with van der Waals surface area (Å²) in [6.07, 6.45) is 1.38. The topological polar surface area (TPSA) is 21.3 Å². The van der Waals surface area contributed by atoms with Crippen molar-refractivity contribution < 1.29 is 4.74 Å². The van der Waals surface area contributed by atoms with E-state index in [1.807, 2.05) is 0 Å². The highest BCUT2D eigenvalue weighted by Gasteiger charge is 2.14. The summed E-state index contributed by atoms with van der Waals surface area (Å²) < 4.78 is 5.35. The number of benzene rings is 1. The van der Waals surface area contributed by atoms with E-state index in [2.05, 4.69) is 64.2 Å². The van der Waals surface area contributed by atoms with Gasteiger partial charge in [-0.15, -0.1) is 0 Å². The van der Waals surface area contributed by atoms with Gasteiger partial charge in [0.1, 0.15) is 0 Å². The Kier molecular flexibility index (Phi) is 6.53. The number of rotatable bonds is 7. The summed E-state index contributed by atoms with van der Waals surface area (Å²) in [7, 11) is 1.76. The quantitative estimate of drug-likeness (QED) is 0.804. The number of hydrogen-bond acceptors (Lipinski definition) is 2. The molecule has 3 unspecified atom stereocenters. The fourth-order valence-electron chi connectivity index (χ4n) is 2.24. The molecule has 1 aromatic rings. The lowest BCUT2D eigenvalue weighted by Gasteiger charge is -2.24. The van der Waals surface area contributed by atoms with Gasteiger partial charge < -0.3 is 10.1 Å². The summed E-state index contributed by atoms with van der Waals surface area (Å²) in [5, 5.41) is 3.58. The summed E-state index contributed by atoms with van der Waals surface area (Å²) in [6.45, 7) is 11.0. The predicted molar refractivity (Wildman–Crippen MR) is 82.5 cm³/mol. The van der Waals surface area contributed by atoms with Crippen LogP contribution in [0.4, 0.5) is 0 Å². The normalized spacial score (nSPS) is 16.4. The van der Waals surface area contributed by atoms with Crippen LogP contribution in [0.25, 0.3) is 0 Å². The molecule has 0 radical (unpaired) electrons. The van der Waals surface area contributed by atoms with Crippen molar-refractivity contribution in [2.45, 2.75) is 59.2 Å². The second-order valence-electron chi connectivity index (χ2n) is 5.96. The summed E-state index contributed by atoms with van der Waals surface area (Å²) in [5.74, 6) is 0.712. The van der Waals surface area contributed by atoms with E-state index in [9.17, 15) is 0 Å². The van der Waals surface area contributed by atoms with Gasteiger partial charge in [0.05, 0.1) is 6.10 Å². The zero-order valence-electron chi connectivity index (χ0n) is 13.2. The molecule has 1 aromatic carbocycles. The van der Waals surface area contributed by atoms with Crippen LogP contribution >= 0.6 is 0 Å². The Labute approximate surface area is 118 Å². The molecule has 0 aliphatic rings. The fourth-order valence-corrected chi connectivity index (χ4v) is 2.24. The first-order valence-corrected chi connectivity index (χ1v) is 7.31. The lowest BCUT2D eigenvalue weighted by molar-refractivity contribution is 0.0852. The van der Waals surface area contributed by atoms with Gasteiger partial charge in [0.25, 0.3) is 0 Å². The molecule has 0 spiro atoms. The minimum atomic E-state index is 0.225. The maximum Gasteiger partial charge on any atom is 0.0693 e. The third-order valence-electron chi connectivity index (χ3n) is 3.71. The van der Waals surface area contributed by atoms with Crippen molar-refractivity contribution >= 4 is 0 Å². The maximum atomic E-state index is 5.35. The molecule has 19 heavy (non-hydrogen) atoms. The van der Waals surface area contributed by atoms with Crippen LogP contribution in [0.15, 0.2) is 24.3 Å². The van der Waals surface area contributed by atoms with Crippen LogP contribution in [0.2, 0.25) is 0 Å². The zero-order valence-corrected chi connectivity index (χ0v) is 13.2. The van der Waals surface area contributed by atoms with Crippen molar-refractivity contribution in [2.75, 3.05) is 7.11 Å². The Bertz CT molecular complexity index is 358. The molecule has 0 aromatic heterocycles. The summed E-state index contributed by atoms with van der Waals surface area (Å²) >= 11 is 0. The number of hydrogen-bond donors (Lipinski definition) is 1. The molecule has 0 heterocycles. The first-order valence-electron chi connectivity index (χ1n) is 7.31. The molecule has 0 fully saturated rings. The molecule has 1 rings (SSSR count). The van der Waals surface area contributed by atoms with Crippen molar-refractivity contribution in [3.63, 3.8) is 0 Å². The molecule has 3 atom stereocenters. The molecule has 0 amide bonds. The highest BCUT2D eigenvalue weighted by atomic mass is 16.5. The lowest BCUT2D eigenvalue weighted by Crippen LogP contribution is -2.38. The van der Waals surface area contributed by atoms with Gasteiger partial charge in [-0.25, -0.2) is 0 Å². The zero-order chi connectivity index (χ0) is 14.4. The highest BCUT2D eigenvalue weighted by molar-refractivity contribution is 5.25. The van der Waals surface area contributed by atoms with Crippen molar-refractivity contribution in [1.29, 1.82) is 0 Å². The molecule has 0 aliphatic heterocycles. The number of methoxy groups -OCH3 is 1. The van der Waals surface area contributed by atoms with E-state index < -0.39 is 0 Å². The van der Waals surface area contributed by atoms with E-state index in [0.29, 0.717) is 18.0 Å². The predicted octanol–water partition coefficient (Wildman–Crippen LogP) is 3.96. The Morgan fingerprint density at radius 3 is 2.05 bits per heavy atom. The van der Waals surface area contributed by atoms with Gasteiger partial charge in [-0.2, -0.15) is 0 Å². The van der Waals surface area contributed by atoms with E-state index in [1.165, 1.54) is 11.1 Å². The van der Waals surface area contributed by atoms with Gasteiger partial charge in [-0.1, -0.05) is 38.1 Å². The van der Waals surface area contributed by atoms with Crippen molar-refractivity contribution in [1.82, 2.24) is 5.32 Å². The van der Waals surface area contributed by atoms with Gasteiger partial charge in [-0.05, 0) is 44.2 Å². The summed E-state index contributed by atoms with van der Waals surface area (Å²) in [5.41, 5.74) is 2.76. The van der Waals surface area contributed by atoms with Gasteiger partial charge >= 0.3 is 0 Å². The van der Waals surface area contributed by atoms with Gasteiger partial charge in [0.2, 0.25) is 0 Å². The van der Waals surface area contributed by atoms with Crippen molar-refractivity contribution in [3.8, 4) is 0 Å². The third kappa shape index (κ3) is 5.33. The molecule has 2 nitrogen and oxygen atoms in total. The Morgan fingerprint density at radius 2 is 1.58 bits per heavy atom. The molecular weight excluding hydrogens is 234 g/mol. The molecule has 1 N–H and O–H groups in total. The summed E-state index contributed by atoms with van der Waals surface area (Å²) in [4.78, 5) is 0. The Morgan fingerprint density at radius 1 is 1.00 bits per heavy atom. The average Bonchev–Trinajstić information content (AvgIpc) is 2.37. The largest absolute Gasteiger partial charge is 0.380 e. The van der Waals surface area contributed by atoms with E-state index >= 15 is 0 Å². The Balaban J connectivity index is 2.60. The Hall–Kier alpha value is -0.860. The van der Waals surface area contributed by atoms with E-state index in [1.54, 1.807) is 7.11 Å². The second-order valence-corrected chi connectivity index (χ2v) is 5.96. The first kappa shape index (κ1) is 16.2. The SMILES string of the molecule is COC(C)C(C)NC(C)c1ccc(CC(C)C)cc1. The molecule has 0 aliphatic carbocycles. The van der Waals surface area contributed by atoms with Gasteiger partial charge in [0.15, 0.2) is 0 Å². The average molecular weight is 263 g/mol. The van der Waals surface area contributed by atoms with E-state index in [-0.39, 0.29) is 6.10 Å². The van der Waals surface area contributed by atoms with Crippen LogP contribution < -0.4 is 5.32 Å². The van der Waals surface area contributed by atoms with Crippen LogP contribution in [0, 0.1) is 5.92 Å². The molecular formula is C17H29NO. The summed E-state index contributed by atoms with van der Waals surface area (Å²) in [6, 6.07) is 9.66. The molecule has 0 saturated heterocycles. The fraction of sp³-hybridized carbons (Fsp3) is 0.647. The minimum Gasteiger partial charge on any atom is -0.380 e. The van der Waals surface area contributed by atoms with E-state index in [0.717, 1.165) is 6.42 Å². The molecule has 2 heteroatoms. The van der Waals surface area contributed by atoms with Gasteiger partial charge in [0, 0.05) is 19.2 Å². The third-order valence-corrected chi connectivity index (χ3v) is 3.71. The maximum absolute atomic E-state index is 5.35. The molecule has 0 saturated carbocycles. The number of nitrogens with one attached hydrogen (secondary N) is 1.